The van der Waals surface area contributed by atoms with Gasteiger partial charge in [0.25, 0.3) is 0 Å². The van der Waals surface area contributed by atoms with Gasteiger partial charge >= 0.3 is 0 Å². The highest BCUT2D eigenvalue weighted by atomic mass is 16.5. The molecule has 2 fully saturated rings. The first kappa shape index (κ1) is 16.5. The van der Waals surface area contributed by atoms with Crippen molar-refractivity contribution in [2.75, 3.05) is 33.4 Å². The normalized spacial score (nSPS) is 21.5. The first-order valence-electron chi connectivity index (χ1n) is 8.62. The molecule has 128 valence electrons. The molecule has 2 aliphatic heterocycles. The number of rotatable bonds is 4. The van der Waals surface area contributed by atoms with Gasteiger partial charge in [-0.25, -0.2) is 0 Å². The van der Waals surface area contributed by atoms with Crippen LogP contribution in [0.1, 0.15) is 37.1 Å². The molecule has 3 heterocycles. The van der Waals surface area contributed by atoms with E-state index in [-0.39, 0.29) is 11.8 Å². The summed E-state index contributed by atoms with van der Waals surface area (Å²) in [6.07, 6.45) is 4.17. The lowest BCUT2D eigenvalue weighted by Crippen LogP contribution is -2.46. The maximum absolute atomic E-state index is 12.6. The predicted octanol–water partition coefficient (Wildman–Crippen LogP) is 1.83. The number of amides is 1. The quantitative estimate of drug-likeness (QED) is 0.847. The van der Waals surface area contributed by atoms with E-state index in [2.05, 4.69) is 10.1 Å². The van der Waals surface area contributed by atoms with Gasteiger partial charge in [0.05, 0.1) is 12.2 Å². The van der Waals surface area contributed by atoms with E-state index < -0.39 is 0 Å². The highest BCUT2D eigenvalue weighted by molar-refractivity contribution is 5.78. The fraction of sp³-hybridized carbons (Fsp3) is 0.765. The van der Waals surface area contributed by atoms with Crippen LogP contribution in [0.25, 0.3) is 0 Å². The average Bonchev–Trinajstić information content (AvgIpc) is 3.00. The van der Waals surface area contributed by atoms with Crippen molar-refractivity contribution >= 4 is 5.91 Å². The average molecular weight is 321 g/mol. The first-order valence-corrected chi connectivity index (χ1v) is 8.62. The van der Waals surface area contributed by atoms with Crippen molar-refractivity contribution in [3.63, 3.8) is 0 Å². The Labute approximate surface area is 137 Å². The van der Waals surface area contributed by atoms with Gasteiger partial charge in [-0.3, -0.25) is 4.79 Å². The number of aromatic nitrogens is 1. The summed E-state index contributed by atoms with van der Waals surface area (Å²) < 4.78 is 10.6. The van der Waals surface area contributed by atoms with E-state index in [9.17, 15) is 4.79 Å². The second-order valence-electron chi connectivity index (χ2n) is 6.78. The molecule has 2 saturated heterocycles. The summed E-state index contributed by atoms with van der Waals surface area (Å²) in [6, 6.07) is 2.53. The van der Waals surface area contributed by atoms with E-state index in [0.717, 1.165) is 63.4 Å². The molecule has 3 rings (SSSR count). The van der Waals surface area contributed by atoms with Gasteiger partial charge in [-0.05, 0) is 45.7 Å². The van der Waals surface area contributed by atoms with Crippen molar-refractivity contribution in [1.82, 2.24) is 15.0 Å². The zero-order valence-corrected chi connectivity index (χ0v) is 14.2. The van der Waals surface area contributed by atoms with Crippen LogP contribution in [0.4, 0.5) is 0 Å². The number of aryl methyl sites for hydroxylation is 1. The number of hydrogen-bond acceptors (Lipinski definition) is 5. The minimum Gasteiger partial charge on any atom is -0.381 e. The van der Waals surface area contributed by atoms with Crippen LogP contribution in [-0.2, 0) is 16.1 Å². The van der Waals surface area contributed by atoms with Crippen LogP contribution in [-0.4, -0.2) is 60.3 Å². The van der Waals surface area contributed by atoms with Crippen LogP contribution in [0.5, 0.6) is 0 Å². The molecule has 6 heteroatoms. The van der Waals surface area contributed by atoms with Gasteiger partial charge in [0.1, 0.15) is 0 Å². The molecule has 1 aromatic heterocycles. The molecule has 0 aliphatic carbocycles. The van der Waals surface area contributed by atoms with Gasteiger partial charge in [0.2, 0.25) is 5.91 Å². The van der Waals surface area contributed by atoms with Crippen LogP contribution < -0.4 is 0 Å². The third-order valence-corrected chi connectivity index (χ3v) is 5.03. The van der Waals surface area contributed by atoms with Gasteiger partial charge in [0, 0.05) is 38.3 Å². The molecule has 23 heavy (non-hydrogen) atoms. The summed E-state index contributed by atoms with van der Waals surface area (Å²) in [7, 11) is 1.85. The van der Waals surface area contributed by atoms with Gasteiger partial charge in [-0.2, -0.15) is 0 Å². The molecule has 0 bridgehead atoms. The largest absolute Gasteiger partial charge is 0.381 e. The smallest absolute Gasteiger partial charge is 0.225 e. The molecule has 6 nitrogen and oxygen atoms in total. The Bertz CT molecular complexity index is 517. The van der Waals surface area contributed by atoms with E-state index in [0.29, 0.717) is 12.6 Å². The number of piperidine rings is 1. The topological polar surface area (TPSA) is 58.8 Å². The Morgan fingerprint density at radius 2 is 2.00 bits per heavy atom. The fourth-order valence-electron chi connectivity index (χ4n) is 3.68. The van der Waals surface area contributed by atoms with E-state index in [4.69, 9.17) is 9.26 Å². The standard InChI is InChI=1S/C17H27N3O3/c1-13-11-16(23-18-13)12-19(2)17(21)14-3-7-20(8-4-14)15-5-9-22-10-6-15/h11,14-15H,3-10,12H2,1-2H3. The van der Waals surface area contributed by atoms with Crippen LogP contribution in [0.3, 0.4) is 0 Å². The van der Waals surface area contributed by atoms with E-state index in [1.165, 1.54) is 0 Å². The highest BCUT2D eigenvalue weighted by Crippen LogP contribution is 2.24. The van der Waals surface area contributed by atoms with Crippen LogP contribution in [0.15, 0.2) is 10.6 Å². The van der Waals surface area contributed by atoms with Crippen molar-refractivity contribution in [3.05, 3.63) is 17.5 Å². The van der Waals surface area contributed by atoms with E-state index >= 15 is 0 Å². The molecular formula is C17H27N3O3. The molecule has 1 amide bonds. The third kappa shape index (κ3) is 4.12. The molecule has 0 unspecified atom stereocenters. The van der Waals surface area contributed by atoms with Gasteiger partial charge < -0.3 is 19.1 Å². The van der Waals surface area contributed by atoms with Crippen molar-refractivity contribution in [2.45, 2.75) is 45.2 Å². The Balaban J connectivity index is 1.47. The number of carbonyl (C=O) groups is 1. The lowest BCUT2D eigenvalue weighted by molar-refractivity contribution is -0.137. The predicted molar refractivity (Wildman–Crippen MR) is 85.9 cm³/mol. The first-order chi connectivity index (χ1) is 11.1. The lowest BCUT2D eigenvalue weighted by Gasteiger charge is -2.39. The SMILES string of the molecule is Cc1cc(CN(C)C(=O)C2CCN(C3CCOCC3)CC2)on1. The number of likely N-dealkylation sites (tertiary alicyclic amines) is 1. The van der Waals surface area contributed by atoms with Crippen molar-refractivity contribution in [3.8, 4) is 0 Å². The molecule has 0 saturated carbocycles. The summed E-state index contributed by atoms with van der Waals surface area (Å²) >= 11 is 0. The van der Waals surface area contributed by atoms with Crippen LogP contribution in [0.2, 0.25) is 0 Å². The number of nitrogens with zero attached hydrogens (tertiary/aromatic N) is 3. The molecule has 0 spiro atoms. The molecule has 0 N–H and O–H groups in total. The molecule has 1 aromatic rings. The summed E-state index contributed by atoms with van der Waals surface area (Å²) in [5.41, 5.74) is 0.852. The minimum absolute atomic E-state index is 0.139. The Morgan fingerprint density at radius 1 is 1.30 bits per heavy atom. The van der Waals surface area contributed by atoms with E-state index in [1.54, 1.807) is 4.90 Å². The van der Waals surface area contributed by atoms with Crippen LogP contribution >= 0.6 is 0 Å². The summed E-state index contributed by atoms with van der Waals surface area (Å²) in [6.45, 7) is 6.19. The van der Waals surface area contributed by atoms with Crippen molar-refractivity contribution in [2.24, 2.45) is 5.92 Å². The second kappa shape index (κ2) is 7.45. The van der Waals surface area contributed by atoms with Gasteiger partial charge in [0.15, 0.2) is 5.76 Å². The monoisotopic (exact) mass is 321 g/mol. The third-order valence-electron chi connectivity index (χ3n) is 5.03. The van der Waals surface area contributed by atoms with Crippen molar-refractivity contribution in [1.29, 1.82) is 0 Å². The molecule has 2 aliphatic rings. The number of carbonyl (C=O) groups excluding carboxylic acids is 1. The van der Waals surface area contributed by atoms with Crippen molar-refractivity contribution < 1.29 is 14.1 Å². The van der Waals surface area contributed by atoms with E-state index in [1.807, 2.05) is 20.0 Å². The maximum atomic E-state index is 12.6. The Hall–Kier alpha value is -1.40. The van der Waals surface area contributed by atoms with Gasteiger partial charge in [-0.1, -0.05) is 5.16 Å². The minimum atomic E-state index is 0.139. The highest BCUT2D eigenvalue weighted by Gasteiger charge is 2.31. The molecule has 0 radical (unpaired) electrons. The fourth-order valence-corrected chi connectivity index (χ4v) is 3.68. The van der Waals surface area contributed by atoms with Crippen LogP contribution in [0, 0.1) is 12.8 Å². The Kier molecular flexibility index (Phi) is 5.33. The number of hydrogen-bond donors (Lipinski definition) is 0. The zero-order chi connectivity index (χ0) is 16.2. The zero-order valence-electron chi connectivity index (χ0n) is 14.2. The Morgan fingerprint density at radius 3 is 2.61 bits per heavy atom. The summed E-state index contributed by atoms with van der Waals surface area (Å²) in [4.78, 5) is 16.9. The summed E-state index contributed by atoms with van der Waals surface area (Å²) in [5, 5.41) is 3.87. The molecule has 0 atom stereocenters. The second-order valence-corrected chi connectivity index (χ2v) is 6.78. The van der Waals surface area contributed by atoms with Gasteiger partial charge in [-0.15, -0.1) is 0 Å². The lowest BCUT2D eigenvalue weighted by atomic mass is 9.93. The number of ether oxygens (including phenoxy) is 1. The summed E-state index contributed by atoms with van der Waals surface area (Å²) in [5.74, 6) is 1.11. The maximum Gasteiger partial charge on any atom is 0.225 e. The molecule has 0 aromatic carbocycles. The molecular weight excluding hydrogens is 294 g/mol.